The van der Waals surface area contributed by atoms with Crippen molar-refractivity contribution >= 4 is 34.6 Å². The number of hydrogen-bond acceptors (Lipinski definition) is 3. The average Bonchev–Trinajstić information content (AvgIpc) is 3.36. The summed E-state index contributed by atoms with van der Waals surface area (Å²) in [6, 6.07) is 10.3. The first kappa shape index (κ1) is 17.3. The molecule has 0 amide bonds. The Bertz CT molecular complexity index is 1090. The summed E-state index contributed by atoms with van der Waals surface area (Å²) in [4.78, 5) is 21.7. The highest BCUT2D eigenvalue weighted by Gasteiger charge is 2.23. The first-order valence-electron chi connectivity index (χ1n) is 7.91. The Hall–Kier alpha value is -3.16. The Labute approximate surface area is 164 Å². The molecule has 4 aromatic rings. The van der Waals surface area contributed by atoms with Crippen LogP contribution in [-0.2, 0) is 0 Å². The van der Waals surface area contributed by atoms with Gasteiger partial charge in [0.25, 0.3) is 0 Å². The van der Waals surface area contributed by atoms with Gasteiger partial charge in [-0.25, -0.2) is 9.97 Å². The molecule has 0 aliphatic carbocycles. The van der Waals surface area contributed by atoms with Gasteiger partial charge in [0, 0.05) is 40.9 Å². The van der Waals surface area contributed by atoms with E-state index in [-0.39, 0.29) is 0 Å². The molecule has 0 radical (unpaired) electrons. The number of hydrogen-bond donors (Lipinski definition) is 1. The lowest BCUT2D eigenvalue weighted by Crippen LogP contribution is -2.14. The van der Waals surface area contributed by atoms with Crippen LogP contribution in [0.15, 0.2) is 73.8 Å². The second-order valence-electron chi connectivity index (χ2n) is 5.64. The van der Waals surface area contributed by atoms with E-state index in [0.717, 1.165) is 5.69 Å². The number of aromatic nitrogens is 4. The van der Waals surface area contributed by atoms with Gasteiger partial charge in [0.2, 0.25) is 0 Å². The first-order valence-corrected chi connectivity index (χ1v) is 8.67. The Kier molecular flexibility index (Phi) is 4.62. The van der Waals surface area contributed by atoms with Gasteiger partial charge in [0.05, 0.1) is 23.2 Å². The van der Waals surface area contributed by atoms with Crippen LogP contribution in [-0.4, -0.2) is 24.0 Å². The molecule has 0 aliphatic rings. The second-order valence-corrected chi connectivity index (χ2v) is 6.51. The number of nitrogens with zero attached hydrogens (tertiary/aromatic N) is 5. The van der Waals surface area contributed by atoms with Gasteiger partial charge in [-0.05, 0) is 30.3 Å². The van der Waals surface area contributed by atoms with E-state index in [9.17, 15) is 4.91 Å². The third-order valence-corrected chi connectivity index (χ3v) is 4.37. The number of rotatable bonds is 5. The summed E-state index contributed by atoms with van der Waals surface area (Å²) in [6.45, 7) is 0. The lowest BCUT2D eigenvalue weighted by atomic mass is 10.2. The van der Waals surface area contributed by atoms with Crippen LogP contribution < -0.4 is 5.43 Å². The molecule has 0 atom stereocenters. The fourth-order valence-corrected chi connectivity index (χ4v) is 3.01. The molecular formula is C18H13Cl2N6O+. The minimum atomic E-state index is 0.331. The van der Waals surface area contributed by atoms with Gasteiger partial charge in [0.1, 0.15) is 11.4 Å². The number of imidazole rings is 2. The minimum Gasteiger partial charge on any atom is -0.304 e. The van der Waals surface area contributed by atoms with E-state index in [1.165, 1.54) is 0 Å². The quantitative estimate of drug-likeness (QED) is 0.386. The number of anilines is 1. The van der Waals surface area contributed by atoms with E-state index in [4.69, 9.17) is 23.2 Å². The van der Waals surface area contributed by atoms with Crippen molar-refractivity contribution in [3.8, 4) is 11.4 Å². The summed E-state index contributed by atoms with van der Waals surface area (Å²) >= 11 is 12.2. The molecule has 1 N–H and O–H groups in total. The highest BCUT2D eigenvalue weighted by molar-refractivity contribution is 6.31. The van der Waals surface area contributed by atoms with Crippen molar-refractivity contribution < 1.29 is 4.87 Å². The van der Waals surface area contributed by atoms with Gasteiger partial charge >= 0.3 is 5.69 Å². The Morgan fingerprint density at radius 3 is 2.07 bits per heavy atom. The largest absolute Gasteiger partial charge is 0.317 e. The SMILES string of the molecule is O=[N+](Nc1cc(Cl)ccc1-n1ccnc1)c1cc(Cl)ccc1-n1ccnc1. The summed E-state index contributed by atoms with van der Waals surface area (Å²) in [6.07, 6.45) is 10.1. The summed E-state index contributed by atoms with van der Waals surface area (Å²) in [5.41, 5.74) is 5.04. The highest BCUT2D eigenvalue weighted by atomic mass is 35.5. The minimum absolute atomic E-state index is 0.331. The summed E-state index contributed by atoms with van der Waals surface area (Å²) < 4.78 is 3.51. The molecule has 0 bridgehead atoms. The van der Waals surface area contributed by atoms with Crippen LogP contribution in [0.4, 0.5) is 11.4 Å². The fourth-order valence-electron chi connectivity index (χ4n) is 2.67. The molecule has 0 unspecified atom stereocenters. The molecule has 0 spiro atoms. The normalized spacial score (nSPS) is 10.7. The van der Waals surface area contributed by atoms with Crippen molar-refractivity contribution in [1.29, 1.82) is 0 Å². The number of halogens is 2. The first-order chi connectivity index (χ1) is 13.1. The Morgan fingerprint density at radius 1 is 0.852 bits per heavy atom. The van der Waals surface area contributed by atoms with E-state index in [0.29, 0.717) is 32.0 Å². The molecule has 4 rings (SSSR count). The lowest BCUT2D eigenvalue weighted by Gasteiger charge is -2.09. The topological polar surface area (TPSA) is 67.8 Å². The maximum atomic E-state index is 13.0. The van der Waals surface area contributed by atoms with E-state index in [1.807, 2.05) is 0 Å². The van der Waals surface area contributed by atoms with Gasteiger partial charge in [-0.1, -0.05) is 23.2 Å². The van der Waals surface area contributed by atoms with Crippen molar-refractivity contribution in [2.24, 2.45) is 0 Å². The van der Waals surface area contributed by atoms with Crippen LogP contribution in [0.2, 0.25) is 10.0 Å². The smallest absolute Gasteiger partial charge is 0.304 e. The zero-order chi connectivity index (χ0) is 18.8. The van der Waals surface area contributed by atoms with E-state index >= 15 is 0 Å². The number of hydrazine groups is 1. The van der Waals surface area contributed by atoms with Crippen LogP contribution in [0.5, 0.6) is 0 Å². The number of nitrogens with one attached hydrogen (secondary N) is 1. The Morgan fingerprint density at radius 2 is 1.44 bits per heavy atom. The van der Waals surface area contributed by atoms with Crippen molar-refractivity contribution in [3.05, 3.63) is 88.8 Å². The van der Waals surface area contributed by atoms with Crippen molar-refractivity contribution in [2.45, 2.75) is 0 Å². The van der Waals surface area contributed by atoms with E-state index in [2.05, 4.69) is 15.4 Å². The van der Waals surface area contributed by atoms with Gasteiger partial charge < -0.3 is 9.13 Å². The van der Waals surface area contributed by atoms with E-state index < -0.39 is 0 Å². The van der Waals surface area contributed by atoms with Gasteiger partial charge in [-0.15, -0.1) is 5.43 Å². The molecule has 2 aromatic carbocycles. The molecule has 0 fully saturated rings. The van der Waals surface area contributed by atoms with Crippen LogP contribution in [0, 0.1) is 4.91 Å². The van der Waals surface area contributed by atoms with E-state index in [1.54, 1.807) is 83.0 Å². The standard InChI is InChI=1S/C18H13Cl2N6O/c19-13-1-3-16(24-7-5-21-11-24)15(9-13)23-26(27)18-10-14(20)2-4-17(18)25-8-6-22-12-25/h1-12H,(H,23,27)/q+1. The molecule has 27 heavy (non-hydrogen) atoms. The predicted molar refractivity (Wildman–Crippen MR) is 104 cm³/mol. The molecular weight excluding hydrogens is 387 g/mol. The Balaban J connectivity index is 1.74. The average molecular weight is 400 g/mol. The molecule has 0 aliphatic heterocycles. The molecule has 2 aromatic heterocycles. The molecule has 0 saturated carbocycles. The van der Waals surface area contributed by atoms with Crippen molar-refractivity contribution in [2.75, 3.05) is 5.43 Å². The molecule has 7 nitrogen and oxygen atoms in total. The fraction of sp³-hybridized carbons (Fsp3) is 0. The van der Waals surface area contributed by atoms with Crippen molar-refractivity contribution in [3.63, 3.8) is 0 Å². The van der Waals surface area contributed by atoms with Crippen molar-refractivity contribution in [1.82, 2.24) is 19.1 Å². The lowest BCUT2D eigenvalue weighted by molar-refractivity contribution is -0.427. The third-order valence-electron chi connectivity index (χ3n) is 3.90. The molecule has 2 heterocycles. The number of nitroso groups, excluding NO2 is 1. The molecule has 134 valence electrons. The van der Waals surface area contributed by atoms with Gasteiger partial charge in [-0.3, -0.25) is 0 Å². The van der Waals surface area contributed by atoms with Crippen LogP contribution in [0.1, 0.15) is 0 Å². The van der Waals surface area contributed by atoms with Gasteiger partial charge in [-0.2, -0.15) is 0 Å². The maximum absolute atomic E-state index is 13.0. The zero-order valence-corrected chi connectivity index (χ0v) is 15.3. The summed E-state index contributed by atoms with van der Waals surface area (Å²) in [5, 5.41) is 0.938. The van der Waals surface area contributed by atoms with Crippen LogP contribution in [0.25, 0.3) is 11.4 Å². The molecule has 9 heteroatoms. The molecule has 0 saturated heterocycles. The second kappa shape index (κ2) is 7.22. The van der Waals surface area contributed by atoms with Gasteiger partial charge in [0.15, 0.2) is 4.87 Å². The maximum Gasteiger partial charge on any atom is 0.317 e. The summed E-state index contributed by atoms with van der Waals surface area (Å²) in [5.74, 6) is 0. The summed E-state index contributed by atoms with van der Waals surface area (Å²) in [7, 11) is 0. The number of benzene rings is 2. The third kappa shape index (κ3) is 3.55. The van der Waals surface area contributed by atoms with Crippen LogP contribution >= 0.6 is 23.2 Å². The monoisotopic (exact) mass is 399 g/mol. The highest BCUT2D eigenvalue weighted by Crippen LogP contribution is 2.30. The zero-order valence-electron chi connectivity index (χ0n) is 13.8. The predicted octanol–water partition coefficient (Wildman–Crippen LogP) is 4.80. The van der Waals surface area contributed by atoms with Crippen LogP contribution in [0.3, 0.4) is 0 Å².